The molecule has 3 heterocycles. The highest BCUT2D eigenvalue weighted by atomic mass is 15.3. The van der Waals surface area contributed by atoms with E-state index in [0.717, 1.165) is 22.8 Å². The summed E-state index contributed by atoms with van der Waals surface area (Å²) in [7, 11) is 0. The predicted octanol–water partition coefficient (Wildman–Crippen LogP) is 8.93. The minimum absolute atomic E-state index is 0.113. The summed E-state index contributed by atoms with van der Waals surface area (Å²) in [4.78, 5) is 5.31. The van der Waals surface area contributed by atoms with Gasteiger partial charge in [0.15, 0.2) is 0 Å². The van der Waals surface area contributed by atoms with Crippen molar-refractivity contribution in [2.75, 3.05) is 0 Å². The van der Waals surface area contributed by atoms with Gasteiger partial charge in [0.05, 0.1) is 11.0 Å². The standard InChI is InChI=1S/C42H33N5/c1-3-13-28(14-4-1)31-18-11-19-32(27-31)41-44-40(30-16-5-2-6-17-30)45-42(46-41)35-22-12-24-38(43-35)47-36-23-10-9-21-34(36)39-33-20-8-7-15-29(33)25-26-37(39)47/h1-27,35,40-41,43-44H,(H,45,46). The maximum atomic E-state index is 5.31. The lowest BCUT2D eigenvalue weighted by molar-refractivity contribution is 0.402. The minimum atomic E-state index is -0.232. The van der Waals surface area contributed by atoms with Crippen LogP contribution in [-0.2, 0) is 0 Å². The number of allylic oxidation sites excluding steroid dienone is 2. The molecule has 3 atom stereocenters. The molecule has 2 aliphatic heterocycles. The summed E-state index contributed by atoms with van der Waals surface area (Å²) >= 11 is 0. The number of nitrogens with zero attached hydrogens (tertiary/aromatic N) is 2. The molecule has 0 fully saturated rings. The molecule has 0 aliphatic carbocycles. The Morgan fingerprint density at radius 1 is 0.574 bits per heavy atom. The third-order valence-corrected chi connectivity index (χ3v) is 9.29. The SMILES string of the molecule is C1=CC(C2=NC(c3cccc(-c4ccccc4)c3)NC(c3ccccc3)N2)NC(n2c3ccccc3c3c4ccccc4ccc32)=C1. The van der Waals surface area contributed by atoms with E-state index in [0.29, 0.717) is 0 Å². The largest absolute Gasteiger partial charge is 0.358 e. The molecule has 0 saturated heterocycles. The summed E-state index contributed by atoms with van der Waals surface area (Å²) in [6, 6.07) is 51.4. The van der Waals surface area contributed by atoms with E-state index in [1.165, 1.54) is 43.7 Å². The second-order valence-corrected chi connectivity index (χ2v) is 12.2. The Labute approximate surface area is 273 Å². The molecule has 7 aromatic rings. The second-order valence-electron chi connectivity index (χ2n) is 12.2. The van der Waals surface area contributed by atoms with Gasteiger partial charge in [0.2, 0.25) is 0 Å². The van der Waals surface area contributed by atoms with Gasteiger partial charge in [0.1, 0.15) is 30.0 Å². The van der Waals surface area contributed by atoms with Gasteiger partial charge in [0, 0.05) is 10.8 Å². The van der Waals surface area contributed by atoms with E-state index in [1.807, 2.05) is 0 Å². The van der Waals surface area contributed by atoms with Gasteiger partial charge in [-0.05, 0) is 57.3 Å². The van der Waals surface area contributed by atoms with Gasteiger partial charge < -0.3 is 10.6 Å². The van der Waals surface area contributed by atoms with Crippen LogP contribution in [0.5, 0.6) is 0 Å². The highest BCUT2D eigenvalue weighted by Crippen LogP contribution is 2.37. The molecule has 226 valence electrons. The first-order valence-electron chi connectivity index (χ1n) is 16.2. The molecule has 47 heavy (non-hydrogen) atoms. The zero-order chi connectivity index (χ0) is 31.2. The fourth-order valence-corrected chi connectivity index (χ4v) is 7.06. The molecular weight excluding hydrogens is 574 g/mol. The van der Waals surface area contributed by atoms with Crippen LogP contribution in [0.25, 0.3) is 49.5 Å². The molecule has 0 radical (unpaired) electrons. The quantitative estimate of drug-likeness (QED) is 0.183. The maximum absolute atomic E-state index is 5.31. The van der Waals surface area contributed by atoms with Crippen LogP contribution in [0.3, 0.4) is 0 Å². The zero-order valence-corrected chi connectivity index (χ0v) is 25.7. The summed E-state index contributed by atoms with van der Waals surface area (Å²) in [5.74, 6) is 1.90. The van der Waals surface area contributed by atoms with Crippen molar-refractivity contribution >= 4 is 44.2 Å². The molecule has 0 bridgehead atoms. The number of amidine groups is 1. The normalized spacial score (nSPS) is 19.3. The molecule has 0 spiro atoms. The summed E-state index contributed by atoms with van der Waals surface area (Å²) in [6.45, 7) is 0. The van der Waals surface area contributed by atoms with E-state index in [4.69, 9.17) is 4.99 Å². The molecule has 3 N–H and O–H groups in total. The van der Waals surface area contributed by atoms with Gasteiger partial charge in [-0.3, -0.25) is 9.88 Å². The maximum Gasteiger partial charge on any atom is 0.129 e. The number of dihydropyridines is 1. The number of aliphatic imine (C=N–C) groups is 1. The van der Waals surface area contributed by atoms with Gasteiger partial charge in [-0.1, -0.05) is 140 Å². The summed E-state index contributed by atoms with van der Waals surface area (Å²) in [6.07, 6.45) is 6.15. The van der Waals surface area contributed by atoms with Crippen LogP contribution in [0, 0.1) is 0 Å². The predicted molar refractivity (Wildman–Crippen MR) is 195 cm³/mol. The first kappa shape index (κ1) is 27.4. The molecule has 2 aliphatic rings. The van der Waals surface area contributed by atoms with Crippen molar-refractivity contribution in [2.24, 2.45) is 4.99 Å². The van der Waals surface area contributed by atoms with E-state index in [2.05, 4.69) is 184 Å². The third-order valence-electron chi connectivity index (χ3n) is 9.29. The Morgan fingerprint density at radius 3 is 2.17 bits per heavy atom. The van der Waals surface area contributed by atoms with Gasteiger partial charge in [-0.15, -0.1) is 0 Å². The van der Waals surface area contributed by atoms with Crippen molar-refractivity contribution in [1.29, 1.82) is 0 Å². The lowest BCUT2D eigenvalue weighted by atomic mass is 10.0. The number of rotatable bonds is 5. The van der Waals surface area contributed by atoms with Gasteiger partial charge in [-0.25, -0.2) is 4.99 Å². The topological polar surface area (TPSA) is 53.4 Å². The fourth-order valence-electron chi connectivity index (χ4n) is 7.06. The number of aromatic nitrogens is 1. The van der Waals surface area contributed by atoms with E-state index >= 15 is 0 Å². The van der Waals surface area contributed by atoms with Crippen LogP contribution in [0.15, 0.2) is 169 Å². The van der Waals surface area contributed by atoms with Crippen molar-refractivity contribution < 1.29 is 0 Å². The van der Waals surface area contributed by atoms with Gasteiger partial charge >= 0.3 is 0 Å². The van der Waals surface area contributed by atoms with Crippen molar-refractivity contribution in [3.8, 4) is 11.1 Å². The summed E-state index contributed by atoms with van der Waals surface area (Å²) in [5.41, 5.74) is 7.00. The average molecular weight is 608 g/mol. The van der Waals surface area contributed by atoms with Crippen LogP contribution in [0.2, 0.25) is 0 Å². The van der Waals surface area contributed by atoms with Crippen LogP contribution in [-0.4, -0.2) is 16.4 Å². The third kappa shape index (κ3) is 4.89. The molecule has 5 heteroatoms. The highest BCUT2D eigenvalue weighted by molar-refractivity contribution is 6.21. The highest BCUT2D eigenvalue weighted by Gasteiger charge is 2.29. The van der Waals surface area contributed by atoms with Crippen LogP contribution < -0.4 is 16.0 Å². The first-order chi connectivity index (χ1) is 23.3. The number of para-hydroxylation sites is 1. The Kier molecular flexibility index (Phi) is 6.69. The van der Waals surface area contributed by atoms with Crippen molar-refractivity contribution in [2.45, 2.75) is 18.4 Å². The number of hydrogen-bond donors (Lipinski definition) is 3. The summed E-state index contributed by atoms with van der Waals surface area (Å²) < 4.78 is 2.35. The van der Waals surface area contributed by atoms with E-state index in [9.17, 15) is 0 Å². The Bertz CT molecular complexity index is 2350. The number of fused-ring (bicyclic) bond motifs is 5. The van der Waals surface area contributed by atoms with Crippen LogP contribution in [0.4, 0.5) is 0 Å². The second kappa shape index (κ2) is 11.5. The Morgan fingerprint density at radius 2 is 1.30 bits per heavy atom. The van der Waals surface area contributed by atoms with Gasteiger partial charge in [0.25, 0.3) is 0 Å². The molecule has 5 nitrogen and oxygen atoms in total. The minimum Gasteiger partial charge on any atom is -0.358 e. The fraction of sp³-hybridized carbons (Fsp3) is 0.0714. The Hall–Kier alpha value is -5.91. The number of hydrogen-bond acceptors (Lipinski definition) is 4. The van der Waals surface area contributed by atoms with Crippen LogP contribution >= 0.6 is 0 Å². The van der Waals surface area contributed by atoms with Crippen molar-refractivity contribution in [3.63, 3.8) is 0 Å². The lowest BCUT2D eigenvalue weighted by Crippen LogP contribution is -2.52. The monoisotopic (exact) mass is 607 g/mol. The smallest absolute Gasteiger partial charge is 0.129 e. The van der Waals surface area contributed by atoms with Gasteiger partial charge in [-0.2, -0.15) is 0 Å². The average Bonchev–Trinajstić information content (AvgIpc) is 3.50. The number of nitrogens with one attached hydrogen (secondary N) is 3. The van der Waals surface area contributed by atoms with Crippen LogP contribution in [0.1, 0.15) is 23.5 Å². The number of benzene rings is 6. The van der Waals surface area contributed by atoms with Crippen molar-refractivity contribution in [1.82, 2.24) is 20.5 Å². The van der Waals surface area contributed by atoms with Crippen molar-refractivity contribution in [3.05, 3.63) is 175 Å². The molecule has 1 aromatic heterocycles. The molecule has 6 aromatic carbocycles. The molecule has 9 rings (SSSR count). The first-order valence-corrected chi connectivity index (χ1v) is 16.2. The molecular formula is C42H33N5. The summed E-state index contributed by atoms with van der Waals surface area (Å²) in [5, 5.41) is 16.4. The van der Waals surface area contributed by atoms with E-state index < -0.39 is 0 Å². The molecule has 0 amide bonds. The van der Waals surface area contributed by atoms with E-state index in [1.54, 1.807) is 0 Å². The molecule has 3 unspecified atom stereocenters. The molecule has 0 saturated carbocycles. The van der Waals surface area contributed by atoms with E-state index in [-0.39, 0.29) is 18.4 Å². The zero-order valence-electron chi connectivity index (χ0n) is 25.7. The Balaban J connectivity index is 1.12. The lowest BCUT2D eigenvalue weighted by Gasteiger charge is -2.35.